The Morgan fingerprint density at radius 3 is 1.89 bits per heavy atom. The molecule has 0 unspecified atom stereocenters. The number of ether oxygens (including phenoxy) is 2. The lowest BCUT2D eigenvalue weighted by molar-refractivity contribution is -0.119. The van der Waals surface area contributed by atoms with Crippen molar-refractivity contribution in [3.8, 4) is 45.4 Å². The SMILES string of the molecule is COc1nc(-c2cccc(-c3cccc(-c4cnc(CN(CCO)CCO)c(OC)n4)c3Cl)c2Cl)cnc1CCC[C@@H]1CCC(=O)N1. The second-order valence-electron chi connectivity index (χ2n) is 11.2. The molecule has 13 heteroatoms. The van der Waals surface area contributed by atoms with E-state index in [1.807, 2.05) is 41.3 Å². The quantitative estimate of drug-likeness (QED) is 0.157. The number of nitrogens with zero attached hydrogens (tertiary/aromatic N) is 5. The first-order chi connectivity index (χ1) is 22.9. The van der Waals surface area contributed by atoms with E-state index >= 15 is 0 Å². The Bertz CT molecular complexity index is 1700. The molecule has 5 rings (SSSR count). The lowest BCUT2D eigenvalue weighted by Crippen LogP contribution is -2.30. The number of hydrogen-bond donors (Lipinski definition) is 3. The highest BCUT2D eigenvalue weighted by Crippen LogP contribution is 2.42. The van der Waals surface area contributed by atoms with Gasteiger partial charge in [0, 0.05) is 54.4 Å². The minimum atomic E-state index is -0.0469. The maximum absolute atomic E-state index is 11.5. The van der Waals surface area contributed by atoms with Gasteiger partial charge in [-0.05, 0) is 25.7 Å². The van der Waals surface area contributed by atoms with Crippen molar-refractivity contribution in [2.45, 2.75) is 44.7 Å². The van der Waals surface area contributed by atoms with Crippen molar-refractivity contribution in [1.29, 1.82) is 0 Å². The molecule has 1 aliphatic rings. The molecule has 3 heterocycles. The van der Waals surface area contributed by atoms with Gasteiger partial charge in [-0.3, -0.25) is 19.7 Å². The monoisotopic (exact) mass is 680 g/mol. The molecular formula is C34H38Cl2N6O5. The van der Waals surface area contributed by atoms with E-state index in [-0.39, 0.29) is 25.2 Å². The molecule has 248 valence electrons. The van der Waals surface area contributed by atoms with Gasteiger partial charge in [0.15, 0.2) is 0 Å². The lowest BCUT2D eigenvalue weighted by atomic mass is 9.98. The van der Waals surface area contributed by atoms with Crippen LogP contribution in [0.4, 0.5) is 0 Å². The molecule has 1 saturated heterocycles. The molecule has 11 nitrogen and oxygen atoms in total. The highest BCUT2D eigenvalue weighted by atomic mass is 35.5. The number of aryl methyl sites for hydroxylation is 1. The highest BCUT2D eigenvalue weighted by Gasteiger charge is 2.22. The first-order valence-electron chi connectivity index (χ1n) is 15.5. The van der Waals surface area contributed by atoms with Crippen molar-refractivity contribution in [2.24, 2.45) is 0 Å². The molecule has 4 aromatic rings. The number of nitrogens with one attached hydrogen (secondary N) is 1. The average molecular weight is 682 g/mol. The fourth-order valence-corrected chi connectivity index (χ4v) is 6.36. The zero-order valence-corrected chi connectivity index (χ0v) is 27.9. The summed E-state index contributed by atoms with van der Waals surface area (Å²) < 4.78 is 11.2. The number of carbonyl (C=O) groups is 1. The van der Waals surface area contributed by atoms with Crippen LogP contribution in [0.3, 0.4) is 0 Å². The topological polar surface area (TPSA) is 143 Å². The summed E-state index contributed by atoms with van der Waals surface area (Å²) in [6.07, 6.45) is 7.19. The van der Waals surface area contributed by atoms with Crippen LogP contribution in [0.1, 0.15) is 37.1 Å². The van der Waals surface area contributed by atoms with Crippen LogP contribution in [0.15, 0.2) is 48.8 Å². The summed E-state index contributed by atoms with van der Waals surface area (Å²) in [4.78, 5) is 32.1. The van der Waals surface area contributed by atoms with Crippen molar-refractivity contribution in [2.75, 3.05) is 40.5 Å². The van der Waals surface area contributed by atoms with Crippen LogP contribution in [0.5, 0.6) is 11.8 Å². The van der Waals surface area contributed by atoms with E-state index < -0.39 is 0 Å². The van der Waals surface area contributed by atoms with Gasteiger partial charge in [-0.25, -0.2) is 9.97 Å². The zero-order chi connectivity index (χ0) is 33.3. The Morgan fingerprint density at radius 1 is 0.851 bits per heavy atom. The van der Waals surface area contributed by atoms with Crippen LogP contribution in [0.25, 0.3) is 33.6 Å². The highest BCUT2D eigenvalue weighted by molar-refractivity contribution is 6.39. The Hall–Kier alpha value is -3.87. The number of carbonyl (C=O) groups excluding carboxylic acids is 1. The summed E-state index contributed by atoms with van der Waals surface area (Å²) in [7, 11) is 3.09. The van der Waals surface area contributed by atoms with Crippen LogP contribution in [0, 0.1) is 0 Å². The molecule has 3 N–H and O–H groups in total. The fraction of sp³-hybridized carbons (Fsp3) is 0.382. The van der Waals surface area contributed by atoms with Crippen molar-refractivity contribution < 1.29 is 24.5 Å². The first-order valence-corrected chi connectivity index (χ1v) is 16.2. The van der Waals surface area contributed by atoms with E-state index in [4.69, 9.17) is 37.7 Å². The van der Waals surface area contributed by atoms with Gasteiger partial charge in [0.2, 0.25) is 17.7 Å². The molecule has 0 aliphatic carbocycles. The lowest BCUT2D eigenvalue weighted by Gasteiger charge is -2.20. The van der Waals surface area contributed by atoms with Crippen molar-refractivity contribution in [3.05, 3.63) is 70.2 Å². The molecular weight excluding hydrogens is 643 g/mol. The van der Waals surface area contributed by atoms with Crippen molar-refractivity contribution >= 4 is 29.1 Å². The number of rotatable bonds is 15. The predicted octanol–water partition coefficient (Wildman–Crippen LogP) is 4.98. The van der Waals surface area contributed by atoms with E-state index in [2.05, 4.69) is 20.3 Å². The maximum Gasteiger partial charge on any atom is 0.237 e. The van der Waals surface area contributed by atoms with Gasteiger partial charge >= 0.3 is 0 Å². The second-order valence-corrected chi connectivity index (χ2v) is 11.9. The molecule has 1 atom stereocenters. The average Bonchev–Trinajstić information content (AvgIpc) is 3.50. The number of methoxy groups -OCH3 is 2. The third kappa shape index (κ3) is 8.17. The van der Waals surface area contributed by atoms with E-state index in [1.165, 1.54) is 7.11 Å². The molecule has 1 amide bonds. The van der Waals surface area contributed by atoms with E-state index in [0.717, 1.165) is 25.0 Å². The number of aliphatic hydroxyl groups excluding tert-OH is 2. The standard InChI is InChI=1S/C34H38Cl2N6O5/c1-46-33-26(11-3-6-21-12-13-30(45)39-21)37-18-27(40-33)24-9-4-7-22(31(24)35)23-8-5-10-25(32(23)36)28-19-38-29(34(41-28)47-2)20-42(14-16-43)15-17-44/h4-5,7-10,18-19,21,43-44H,3,6,11-17,20H2,1-2H3,(H,39,45)/t21-/m1/s1. The third-order valence-corrected chi connectivity index (χ3v) is 8.92. The van der Waals surface area contributed by atoms with Crippen molar-refractivity contribution in [1.82, 2.24) is 30.2 Å². The summed E-state index contributed by atoms with van der Waals surface area (Å²) in [5.41, 5.74) is 5.14. The zero-order valence-electron chi connectivity index (χ0n) is 26.4. The predicted molar refractivity (Wildman–Crippen MR) is 181 cm³/mol. The third-order valence-electron chi connectivity index (χ3n) is 8.11. The number of halogens is 2. The molecule has 1 aliphatic heterocycles. The largest absolute Gasteiger partial charge is 0.480 e. The Morgan fingerprint density at radius 2 is 1.38 bits per heavy atom. The smallest absolute Gasteiger partial charge is 0.237 e. The molecule has 2 aromatic heterocycles. The van der Waals surface area contributed by atoms with Crippen LogP contribution in [-0.4, -0.2) is 87.5 Å². The summed E-state index contributed by atoms with van der Waals surface area (Å²) >= 11 is 14.1. The first kappa shape index (κ1) is 34.5. The van der Waals surface area contributed by atoms with E-state index in [1.54, 1.807) is 19.5 Å². The second kappa shape index (κ2) is 16.3. The number of aromatic nitrogens is 4. The number of aliphatic hydroxyl groups is 2. The molecule has 0 radical (unpaired) electrons. The van der Waals surface area contributed by atoms with Crippen LogP contribution in [0.2, 0.25) is 10.0 Å². The van der Waals surface area contributed by atoms with Gasteiger partial charge < -0.3 is 25.0 Å². The fourth-order valence-electron chi connectivity index (χ4n) is 5.71. The summed E-state index contributed by atoms with van der Waals surface area (Å²) in [5, 5.41) is 22.7. The van der Waals surface area contributed by atoms with E-state index in [9.17, 15) is 15.0 Å². The Balaban J connectivity index is 1.40. The Kier molecular flexibility index (Phi) is 12.0. The minimum absolute atomic E-state index is 0.0469. The normalized spacial score (nSPS) is 14.4. The van der Waals surface area contributed by atoms with Gasteiger partial charge in [-0.2, -0.15) is 0 Å². The van der Waals surface area contributed by atoms with E-state index in [0.29, 0.717) is 93.6 Å². The molecule has 0 saturated carbocycles. The van der Waals surface area contributed by atoms with Gasteiger partial charge in [-0.15, -0.1) is 0 Å². The molecule has 1 fully saturated rings. The molecule has 47 heavy (non-hydrogen) atoms. The minimum Gasteiger partial charge on any atom is -0.480 e. The van der Waals surface area contributed by atoms with Crippen LogP contribution in [-0.2, 0) is 17.8 Å². The number of benzene rings is 2. The molecule has 0 spiro atoms. The van der Waals surface area contributed by atoms with Crippen molar-refractivity contribution in [3.63, 3.8) is 0 Å². The van der Waals surface area contributed by atoms with Crippen LogP contribution >= 0.6 is 23.2 Å². The van der Waals surface area contributed by atoms with Crippen LogP contribution < -0.4 is 14.8 Å². The maximum atomic E-state index is 11.5. The number of amides is 1. The van der Waals surface area contributed by atoms with Gasteiger partial charge in [-0.1, -0.05) is 59.6 Å². The summed E-state index contributed by atoms with van der Waals surface area (Å²) in [6.45, 7) is 1.02. The number of hydrogen-bond acceptors (Lipinski definition) is 10. The molecule has 0 bridgehead atoms. The Labute approximate surface area is 283 Å². The van der Waals surface area contributed by atoms with Gasteiger partial charge in [0.05, 0.1) is 61.3 Å². The van der Waals surface area contributed by atoms with Gasteiger partial charge in [0.1, 0.15) is 11.4 Å². The molecule has 2 aromatic carbocycles. The summed E-state index contributed by atoms with van der Waals surface area (Å²) in [6, 6.07) is 11.5. The van der Waals surface area contributed by atoms with Gasteiger partial charge in [0.25, 0.3) is 0 Å². The summed E-state index contributed by atoms with van der Waals surface area (Å²) in [5.74, 6) is 0.877.